The summed E-state index contributed by atoms with van der Waals surface area (Å²) in [5.74, 6) is 3.28. The molecule has 4 rings (SSSR count). The van der Waals surface area contributed by atoms with Crippen molar-refractivity contribution in [2.75, 3.05) is 26.7 Å². The summed E-state index contributed by atoms with van der Waals surface area (Å²) in [5.41, 5.74) is 0. The van der Waals surface area contributed by atoms with Gasteiger partial charge in [-0.3, -0.25) is 4.79 Å². The van der Waals surface area contributed by atoms with Gasteiger partial charge in [-0.05, 0) is 58.7 Å². The largest absolute Gasteiger partial charge is 0.339 e. The van der Waals surface area contributed by atoms with E-state index in [1.54, 1.807) is 0 Å². The summed E-state index contributed by atoms with van der Waals surface area (Å²) in [5, 5.41) is 4.80. The molecule has 1 atom stereocenters. The van der Waals surface area contributed by atoms with Crippen LogP contribution in [0.15, 0.2) is 0 Å². The molecule has 1 aliphatic carbocycles. The highest BCUT2D eigenvalue weighted by Gasteiger charge is 2.38. The maximum atomic E-state index is 12.6. The molecule has 0 spiro atoms. The van der Waals surface area contributed by atoms with E-state index in [0.29, 0.717) is 24.3 Å². The van der Waals surface area contributed by atoms with Crippen LogP contribution in [0.5, 0.6) is 0 Å². The minimum absolute atomic E-state index is 0.224. The first-order valence-corrected chi connectivity index (χ1v) is 10.6. The van der Waals surface area contributed by atoms with Crippen molar-refractivity contribution in [3.05, 3.63) is 11.6 Å². The predicted octanol–water partition coefficient (Wildman–Crippen LogP) is 2.44. The van der Waals surface area contributed by atoms with E-state index in [-0.39, 0.29) is 5.92 Å². The molecule has 26 heavy (non-hydrogen) atoms. The van der Waals surface area contributed by atoms with E-state index < -0.39 is 0 Å². The second-order valence-electron chi connectivity index (χ2n) is 8.54. The lowest BCUT2D eigenvalue weighted by atomic mass is 9.93. The third-order valence-corrected chi connectivity index (χ3v) is 6.64. The molecule has 1 aromatic heterocycles. The van der Waals surface area contributed by atoms with Gasteiger partial charge in [0.15, 0.2) is 5.82 Å². The topological polar surface area (TPSA) is 54.3 Å². The van der Waals surface area contributed by atoms with Gasteiger partial charge in [-0.15, -0.1) is 0 Å². The first-order chi connectivity index (χ1) is 12.6. The third-order valence-electron chi connectivity index (χ3n) is 6.64. The van der Waals surface area contributed by atoms with Crippen LogP contribution in [0, 0.1) is 5.92 Å². The molecular formula is C20H33N5O. The molecular weight excluding hydrogens is 326 g/mol. The van der Waals surface area contributed by atoms with Crippen LogP contribution in [0.2, 0.25) is 0 Å². The molecule has 2 aliphatic heterocycles. The van der Waals surface area contributed by atoms with Crippen molar-refractivity contribution in [3.63, 3.8) is 0 Å². The molecule has 6 heteroatoms. The average molecular weight is 360 g/mol. The van der Waals surface area contributed by atoms with Crippen LogP contribution in [0.4, 0.5) is 0 Å². The van der Waals surface area contributed by atoms with E-state index in [0.717, 1.165) is 31.2 Å². The predicted molar refractivity (Wildman–Crippen MR) is 101 cm³/mol. The molecule has 0 unspecified atom stereocenters. The zero-order valence-electron chi connectivity index (χ0n) is 16.4. The molecule has 3 aliphatic rings. The van der Waals surface area contributed by atoms with Crippen LogP contribution in [-0.4, -0.2) is 63.2 Å². The normalized spacial score (nSPS) is 26.3. The molecule has 0 aromatic carbocycles. The number of hydrogen-bond acceptors (Lipinski definition) is 4. The first kappa shape index (κ1) is 18.0. The number of rotatable bonds is 5. The summed E-state index contributed by atoms with van der Waals surface area (Å²) in [6.07, 6.45) is 8.98. The maximum Gasteiger partial charge on any atom is 0.223 e. The second kappa shape index (κ2) is 7.67. The molecule has 2 saturated heterocycles. The summed E-state index contributed by atoms with van der Waals surface area (Å²) in [6, 6.07) is 0.476. The molecule has 144 valence electrons. The smallest absolute Gasteiger partial charge is 0.223 e. The molecule has 1 aromatic rings. The molecule has 0 radical (unpaired) electrons. The number of amides is 1. The molecule has 0 bridgehead atoms. The van der Waals surface area contributed by atoms with Gasteiger partial charge in [-0.2, -0.15) is 5.10 Å². The van der Waals surface area contributed by atoms with Gasteiger partial charge in [0, 0.05) is 37.9 Å². The number of carbonyl (C=O) groups excluding carboxylic acids is 1. The summed E-state index contributed by atoms with van der Waals surface area (Å²) in [7, 11) is 2.20. The van der Waals surface area contributed by atoms with Gasteiger partial charge < -0.3 is 9.80 Å². The second-order valence-corrected chi connectivity index (χ2v) is 8.54. The highest BCUT2D eigenvalue weighted by Crippen LogP contribution is 2.33. The Morgan fingerprint density at radius 2 is 1.85 bits per heavy atom. The molecule has 1 saturated carbocycles. The van der Waals surface area contributed by atoms with Crippen LogP contribution in [0.1, 0.15) is 69.4 Å². The van der Waals surface area contributed by atoms with Crippen LogP contribution in [-0.2, 0) is 17.8 Å². The quantitative estimate of drug-likeness (QED) is 0.810. The van der Waals surface area contributed by atoms with E-state index in [1.165, 1.54) is 51.6 Å². The summed E-state index contributed by atoms with van der Waals surface area (Å²) in [4.78, 5) is 22.0. The minimum Gasteiger partial charge on any atom is -0.339 e. The lowest BCUT2D eigenvalue weighted by Gasteiger charge is -2.28. The molecule has 1 amide bonds. The van der Waals surface area contributed by atoms with E-state index in [1.807, 2.05) is 0 Å². The van der Waals surface area contributed by atoms with E-state index in [9.17, 15) is 4.79 Å². The molecule has 0 N–H and O–H groups in total. The Morgan fingerprint density at radius 1 is 1.12 bits per heavy atom. The first-order valence-electron chi connectivity index (χ1n) is 10.6. The Bertz CT molecular complexity index is 628. The number of aromatic nitrogens is 3. The summed E-state index contributed by atoms with van der Waals surface area (Å²) >= 11 is 0. The van der Waals surface area contributed by atoms with Gasteiger partial charge in [-0.25, -0.2) is 9.67 Å². The fraction of sp³-hybridized carbons (Fsp3) is 0.850. The highest BCUT2D eigenvalue weighted by molar-refractivity contribution is 5.80. The SMILES string of the molecule is CCn1nc(CC2CCN(C)CC2)nc1[C@H]1CC(=O)N(C2CCCC2)C1. The fourth-order valence-corrected chi connectivity index (χ4v) is 5.02. The highest BCUT2D eigenvalue weighted by atomic mass is 16.2. The van der Waals surface area contributed by atoms with Crippen molar-refractivity contribution in [3.8, 4) is 0 Å². The zero-order valence-corrected chi connectivity index (χ0v) is 16.4. The van der Waals surface area contributed by atoms with E-state index in [2.05, 4.69) is 28.5 Å². The lowest BCUT2D eigenvalue weighted by molar-refractivity contribution is -0.129. The number of likely N-dealkylation sites (tertiary alicyclic amines) is 2. The van der Waals surface area contributed by atoms with Crippen LogP contribution in [0.25, 0.3) is 0 Å². The molecule has 3 fully saturated rings. The Kier molecular flexibility index (Phi) is 5.30. The standard InChI is InChI=1S/C20H33N5O/c1-3-25-20(16-13-19(26)24(14-16)17-6-4-5-7-17)21-18(22-25)12-15-8-10-23(2)11-9-15/h15-17H,3-14H2,1-2H3/t16-/m0/s1. The Balaban J connectivity index is 1.44. The number of carbonyl (C=O) groups is 1. The number of nitrogens with zero attached hydrogens (tertiary/aromatic N) is 5. The van der Waals surface area contributed by atoms with Gasteiger partial charge in [0.1, 0.15) is 5.82 Å². The van der Waals surface area contributed by atoms with Gasteiger partial charge >= 0.3 is 0 Å². The van der Waals surface area contributed by atoms with Crippen molar-refractivity contribution in [1.82, 2.24) is 24.6 Å². The van der Waals surface area contributed by atoms with Gasteiger partial charge in [0.05, 0.1) is 0 Å². The van der Waals surface area contributed by atoms with Crippen molar-refractivity contribution >= 4 is 5.91 Å². The van der Waals surface area contributed by atoms with Crippen molar-refractivity contribution in [2.24, 2.45) is 5.92 Å². The van der Waals surface area contributed by atoms with Crippen LogP contribution < -0.4 is 0 Å². The lowest BCUT2D eigenvalue weighted by Crippen LogP contribution is -2.34. The monoisotopic (exact) mass is 359 g/mol. The summed E-state index contributed by atoms with van der Waals surface area (Å²) < 4.78 is 2.06. The van der Waals surface area contributed by atoms with Gasteiger partial charge in [0.25, 0.3) is 0 Å². The van der Waals surface area contributed by atoms with Gasteiger partial charge in [0.2, 0.25) is 5.91 Å². The Morgan fingerprint density at radius 3 is 2.54 bits per heavy atom. The molecule has 6 nitrogen and oxygen atoms in total. The van der Waals surface area contributed by atoms with Crippen LogP contribution in [0.3, 0.4) is 0 Å². The number of aryl methyl sites for hydroxylation is 1. The van der Waals surface area contributed by atoms with E-state index in [4.69, 9.17) is 10.1 Å². The third kappa shape index (κ3) is 3.66. The van der Waals surface area contributed by atoms with Crippen molar-refractivity contribution in [1.29, 1.82) is 0 Å². The number of hydrogen-bond donors (Lipinski definition) is 0. The average Bonchev–Trinajstić information content (AvgIpc) is 3.36. The Hall–Kier alpha value is -1.43. The zero-order chi connectivity index (χ0) is 18.1. The fourth-order valence-electron chi connectivity index (χ4n) is 5.02. The number of piperidine rings is 1. The summed E-state index contributed by atoms with van der Waals surface area (Å²) in [6.45, 7) is 6.17. The maximum absolute atomic E-state index is 12.6. The van der Waals surface area contributed by atoms with Crippen molar-refractivity contribution in [2.45, 2.75) is 76.8 Å². The Labute approximate surface area is 156 Å². The minimum atomic E-state index is 0.224. The van der Waals surface area contributed by atoms with Crippen molar-refractivity contribution < 1.29 is 4.79 Å². The van der Waals surface area contributed by atoms with E-state index >= 15 is 0 Å². The molecule has 3 heterocycles. The van der Waals surface area contributed by atoms with Gasteiger partial charge in [-0.1, -0.05) is 12.8 Å². The van der Waals surface area contributed by atoms with Crippen LogP contribution >= 0.6 is 0 Å².